The maximum atomic E-state index is 13.4. The molecule has 31 heavy (non-hydrogen) atoms. The lowest BCUT2D eigenvalue weighted by molar-refractivity contribution is 0.592. The van der Waals surface area contributed by atoms with E-state index in [1.165, 1.54) is 5.39 Å². The van der Waals surface area contributed by atoms with Crippen molar-refractivity contribution < 1.29 is 8.42 Å². The topological polar surface area (TPSA) is 76.0 Å². The van der Waals surface area contributed by atoms with Gasteiger partial charge in [-0.15, -0.1) is 0 Å². The number of rotatable bonds is 5. The Balaban J connectivity index is 1.74. The summed E-state index contributed by atoms with van der Waals surface area (Å²) in [5, 5.41) is 3.46. The molecule has 0 radical (unpaired) electrons. The van der Waals surface area contributed by atoms with Crippen LogP contribution in [-0.4, -0.2) is 19.9 Å². The van der Waals surface area contributed by atoms with E-state index in [0.29, 0.717) is 13.0 Å². The highest BCUT2D eigenvalue weighted by atomic mass is 32.2. The average Bonchev–Trinajstić information content (AvgIpc) is 3.18. The van der Waals surface area contributed by atoms with Crippen molar-refractivity contribution in [3.05, 3.63) is 96.6 Å². The van der Waals surface area contributed by atoms with E-state index in [-0.39, 0.29) is 9.92 Å². The maximum absolute atomic E-state index is 13.4. The molecule has 1 aromatic heterocycles. The van der Waals surface area contributed by atoms with Gasteiger partial charge in [-0.1, -0.05) is 66.7 Å². The first-order valence-corrected chi connectivity index (χ1v) is 11.7. The minimum absolute atomic E-state index is 0.231. The zero-order chi connectivity index (χ0) is 21.4. The molecule has 0 saturated carbocycles. The molecule has 5 aromatic rings. The van der Waals surface area contributed by atoms with E-state index >= 15 is 0 Å². The Labute approximate surface area is 181 Å². The lowest BCUT2D eigenvalue weighted by Gasteiger charge is -2.08. The summed E-state index contributed by atoms with van der Waals surface area (Å²) >= 11 is 0. The molecule has 0 aliphatic heterocycles. The Bertz CT molecular complexity index is 1500. The fourth-order valence-corrected chi connectivity index (χ4v) is 5.74. The SMILES string of the molecule is NCCc1c(S(=O)(=O)c2ccccc2)[nH]c2ccc(-c3cccc4ccccc34)cc12. The minimum Gasteiger partial charge on any atom is -0.345 e. The number of aromatic nitrogens is 1. The van der Waals surface area contributed by atoms with Gasteiger partial charge in [-0.05, 0) is 64.7 Å². The Kier molecular flexibility index (Phi) is 4.85. The fourth-order valence-electron chi connectivity index (χ4n) is 4.21. The second-order valence-electron chi connectivity index (χ2n) is 7.57. The van der Waals surface area contributed by atoms with Crippen molar-refractivity contribution in [3.8, 4) is 11.1 Å². The number of sulfone groups is 1. The third kappa shape index (κ3) is 3.32. The summed E-state index contributed by atoms with van der Waals surface area (Å²) in [6.45, 7) is 0.364. The van der Waals surface area contributed by atoms with Crippen molar-refractivity contribution in [2.24, 2.45) is 5.73 Å². The summed E-state index contributed by atoms with van der Waals surface area (Å²) in [6, 6.07) is 29.1. The zero-order valence-corrected chi connectivity index (χ0v) is 17.7. The van der Waals surface area contributed by atoms with Crippen LogP contribution in [0.3, 0.4) is 0 Å². The van der Waals surface area contributed by atoms with Gasteiger partial charge in [0.2, 0.25) is 9.84 Å². The van der Waals surface area contributed by atoms with Gasteiger partial charge < -0.3 is 10.7 Å². The van der Waals surface area contributed by atoms with Crippen LogP contribution in [0.15, 0.2) is 101 Å². The van der Waals surface area contributed by atoms with Crippen molar-refractivity contribution in [2.45, 2.75) is 16.3 Å². The average molecular weight is 427 g/mol. The molecular formula is C26H22N2O2S. The Hall–Kier alpha value is -3.41. The molecule has 154 valence electrons. The van der Waals surface area contributed by atoms with Gasteiger partial charge in [0.05, 0.1) is 4.90 Å². The number of nitrogens with one attached hydrogen (secondary N) is 1. The molecule has 0 bridgehead atoms. The van der Waals surface area contributed by atoms with Crippen molar-refractivity contribution in [2.75, 3.05) is 6.54 Å². The maximum Gasteiger partial charge on any atom is 0.222 e. The van der Waals surface area contributed by atoms with Crippen molar-refractivity contribution >= 4 is 31.5 Å². The number of aromatic amines is 1. The van der Waals surface area contributed by atoms with E-state index in [0.717, 1.165) is 33.0 Å². The van der Waals surface area contributed by atoms with Gasteiger partial charge in [-0.25, -0.2) is 8.42 Å². The molecule has 5 rings (SSSR count). The van der Waals surface area contributed by atoms with Crippen LogP contribution in [0.5, 0.6) is 0 Å². The molecule has 0 aliphatic carbocycles. The Morgan fingerprint density at radius 3 is 2.32 bits per heavy atom. The van der Waals surface area contributed by atoms with E-state index in [9.17, 15) is 8.42 Å². The molecule has 0 spiro atoms. The minimum atomic E-state index is -3.68. The summed E-state index contributed by atoms with van der Waals surface area (Å²) in [5.41, 5.74) is 9.57. The first kappa shape index (κ1) is 19.5. The zero-order valence-electron chi connectivity index (χ0n) is 16.9. The van der Waals surface area contributed by atoms with Gasteiger partial charge in [0.15, 0.2) is 0 Å². The molecule has 0 saturated heterocycles. The first-order chi connectivity index (χ1) is 15.1. The van der Waals surface area contributed by atoms with Crippen LogP contribution < -0.4 is 5.73 Å². The fraction of sp³-hybridized carbons (Fsp3) is 0.0769. The quantitative estimate of drug-likeness (QED) is 0.399. The number of nitrogens with two attached hydrogens (primary N) is 1. The third-order valence-electron chi connectivity index (χ3n) is 5.68. The van der Waals surface area contributed by atoms with E-state index in [1.54, 1.807) is 24.3 Å². The molecule has 0 fully saturated rings. The molecule has 5 heteroatoms. The predicted molar refractivity (Wildman–Crippen MR) is 126 cm³/mol. The second-order valence-corrected chi connectivity index (χ2v) is 9.46. The number of hydrogen-bond donors (Lipinski definition) is 2. The summed E-state index contributed by atoms with van der Waals surface area (Å²) in [4.78, 5) is 3.43. The lowest BCUT2D eigenvalue weighted by Crippen LogP contribution is -2.09. The lowest BCUT2D eigenvalue weighted by atomic mass is 9.96. The van der Waals surface area contributed by atoms with E-state index in [1.807, 2.05) is 36.4 Å². The van der Waals surface area contributed by atoms with Gasteiger partial charge in [0.25, 0.3) is 0 Å². The summed E-state index contributed by atoms with van der Waals surface area (Å²) in [5.74, 6) is 0. The van der Waals surface area contributed by atoms with Crippen LogP contribution in [0.2, 0.25) is 0 Å². The van der Waals surface area contributed by atoms with Crippen molar-refractivity contribution in [3.63, 3.8) is 0 Å². The number of hydrogen-bond acceptors (Lipinski definition) is 3. The highest BCUT2D eigenvalue weighted by molar-refractivity contribution is 7.91. The third-order valence-corrected chi connectivity index (χ3v) is 7.46. The van der Waals surface area contributed by atoms with Crippen LogP contribution in [0.25, 0.3) is 32.8 Å². The second kappa shape index (κ2) is 7.69. The van der Waals surface area contributed by atoms with Gasteiger partial charge in [-0.3, -0.25) is 0 Å². The van der Waals surface area contributed by atoms with Gasteiger partial charge in [-0.2, -0.15) is 0 Å². The highest BCUT2D eigenvalue weighted by Crippen LogP contribution is 2.35. The molecular weight excluding hydrogens is 404 g/mol. The van der Waals surface area contributed by atoms with Gasteiger partial charge in [0, 0.05) is 10.9 Å². The number of H-pyrrole nitrogens is 1. The molecule has 0 amide bonds. The molecule has 0 aliphatic rings. The molecule has 3 N–H and O–H groups in total. The van der Waals surface area contributed by atoms with E-state index in [4.69, 9.17) is 5.73 Å². The smallest absolute Gasteiger partial charge is 0.222 e. The van der Waals surface area contributed by atoms with Gasteiger partial charge >= 0.3 is 0 Å². The van der Waals surface area contributed by atoms with Crippen LogP contribution in [-0.2, 0) is 16.3 Å². The van der Waals surface area contributed by atoms with Crippen LogP contribution >= 0.6 is 0 Å². The summed E-state index contributed by atoms with van der Waals surface area (Å²) in [6.07, 6.45) is 0.473. The van der Waals surface area contributed by atoms with Crippen molar-refractivity contribution in [1.29, 1.82) is 0 Å². The number of benzene rings is 4. The predicted octanol–water partition coefficient (Wildman–Crippen LogP) is 5.32. The molecule has 1 heterocycles. The standard InChI is InChI=1S/C26H22N2O2S/c27-16-15-23-24-17-19(22-12-6-8-18-7-4-5-11-21(18)22)13-14-25(24)28-26(23)31(29,30)20-9-2-1-3-10-20/h1-14,17,28H,15-16,27H2. The van der Waals surface area contributed by atoms with Crippen LogP contribution in [0.1, 0.15) is 5.56 Å². The van der Waals surface area contributed by atoms with E-state index in [2.05, 4.69) is 35.3 Å². The van der Waals surface area contributed by atoms with Crippen LogP contribution in [0.4, 0.5) is 0 Å². The first-order valence-electron chi connectivity index (χ1n) is 10.2. The Morgan fingerprint density at radius 2 is 1.52 bits per heavy atom. The monoisotopic (exact) mass is 426 g/mol. The largest absolute Gasteiger partial charge is 0.345 e. The molecule has 4 nitrogen and oxygen atoms in total. The molecule has 0 atom stereocenters. The molecule has 4 aromatic carbocycles. The number of fused-ring (bicyclic) bond motifs is 2. The highest BCUT2D eigenvalue weighted by Gasteiger charge is 2.25. The molecule has 0 unspecified atom stereocenters. The normalized spacial score (nSPS) is 11.9. The van der Waals surface area contributed by atoms with Gasteiger partial charge in [0.1, 0.15) is 5.03 Å². The van der Waals surface area contributed by atoms with Crippen LogP contribution in [0, 0.1) is 0 Å². The Morgan fingerprint density at radius 1 is 0.774 bits per heavy atom. The summed E-state index contributed by atoms with van der Waals surface area (Å²) in [7, 11) is -3.68. The van der Waals surface area contributed by atoms with Crippen molar-refractivity contribution in [1.82, 2.24) is 4.98 Å². The van der Waals surface area contributed by atoms with E-state index < -0.39 is 9.84 Å². The summed E-state index contributed by atoms with van der Waals surface area (Å²) < 4.78 is 26.7.